The predicted octanol–water partition coefficient (Wildman–Crippen LogP) is 3.74. The van der Waals surface area contributed by atoms with E-state index in [1.165, 1.54) is 0 Å². The van der Waals surface area contributed by atoms with Gasteiger partial charge in [0.15, 0.2) is 0 Å². The Hall–Kier alpha value is -0.250. The van der Waals surface area contributed by atoms with E-state index in [0.717, 1.165) is 12.8 Å². The summed E-state index contributed by atoms with van der Waals surface area (Å²) in [4.78, 5) is 0. The quantitative estimate of drug-likeness (QED) is 0.696. The highest BCUT2D eigenvalue weighted by molar-refractivity contribution is 4.71. The van der Waals surface area contributed by atoms with E-state index in [1.807, 2.05) is 20.8 Å². The zero-order valence-corrected chi connectivity index (χ0v) is 9.82. The molecule has 0 radical (unpaired) electrons. The van der Waals surface area contributed by atoms with Crippen LogP contribution in [0.3, 0.4) is 0 Å². The summed E-state index contributed by atoms with van der Waals surface area (Å²) in [5, 5.41) is 2.96. The summed E-state index contributed by atoms with van der Waals surface area (Å²) in [5.74, 6) is 0.462. The minimum atomic E-state index is -4.05. The van der Waals surface area contributed by atoms with E-state index in [2.05, 4.69) is 5.32 Å². The molecular weight excluding hydrogens is 203 g/mol. The summed E-state index contributed by atoms with van der Waals surface area (Å²) in [6, 6.07) is -0.410. The van der Waals surface area contributed by atoms with E-state index in [-0.39, 0.29) is 0 Å². The van der Waals surface area contributed by atoms with Crippen LogP contribution in [0.15, 0.2) is 0 Å². The standard InChI is InChI=1S/C11H22F3N/c1-4-7-15-10(6-5-9(2)3)8-11(12,13)14/h9-10,15H,4-8H2,1-3H3. The Morgan fingerprint density at radius 3 is 2.13 bits per heavy atom. The first-order valence-electron chi connectivity index (χ1n) is 5.65. The van der Waals surface area contributed by atoms with Crippen molar-refractivity contribution in [1.29, 1.82) is 0 Å². The first-order valence-corrected chi connectivity index (χ1v) is 5.65. The molecule has 1 atom stereocenters. The third-order valence-electron chi connectivity index (χ3n) is 2.25. The monoisotopic (exact) mass is 225 g/mol. The molecule has 92 valence electrons. The van der Waals surface area contributed by atoms with Crippen LogP contribution in [-0.2, 0) is 0 Å². The van der Waals surface area contributed by atoms with Crippen molar-refractivity contribution in [2.24, 2.45) is 5.92 Å². The molecule has 15 heavy (non-hydrogen) atoms. The first kappa shape index (κ1) is 14.8. The minimum Gasteiger partial charge on any atom is -0.314 e. The second kappa shape index (κ2) is 7.09. The molecule has 0 aromatic rings. The Morgan fingerprint density at radius 2 is 1.73 bits per heavy atom. The van der Waals surface area contributed by atoms with Gasteiger partial charge in [0.05, 0.1) is 6.42 Å². The van der Waals surface area contributed by atoms with Crippen molar-refractivity contribution < 1.29 is 13.2 Å². The highest BCUT2D eigenvalue weighted by Crippen LogP contribution is 2.24. The smallest absolute Gasteiger partial charge is 0.314 e. The molecule has 1 unspecified atom stereocenters. The first-order chi connectivity index (χ1) is 6.85. The molecule has 1 nitrogen and oxygen atoms in total. The second-order valence-corrected chi connectivity index (χ2v) is 4.44. The van der Waals surface area contributed by atoms with Crippen LogP contribution < -0.4 is 5.32 Å². The Labute approximate surface area is 90.4 Å². The number of hydrogen-bond acceptors (Lipinski definition) is 1. The fourth-order valence-electron chi connectivity index (χ4n) is 1.44. The van der Waals surface area contributed by atoms with Crippen molar-refractivity contribution in [3.63, 3.8) is 0 Å². The molecule has 0 aliphatic carbocycles. The van der Waals surface area contributed by atoms with E-state index >= 15 is 0 Å². The average Bonchev–Trinajstić information content (AvgIpc) is 2.07. The Bertz CT molecular complexity index is 154. The maximum atomic E-state index is 12.2. The molecule has 0 saturated carbocycles. The van der Waals surface area contributed by atoms with Gasteiger partial charge in [-0.05, 0) is 31.7 Å². The molecule has 0 aliphatic heterocycles. The van der Waals surface area contributed by atoms with Crippen LogP contribution in [0, 0.1) is 5.92 Å². The second-order valence-electron chi connectivity index (χ2n) is 4.44. The highest BCUT2D eigenvalue weighted by Gasteiger charge is 2.31. The third kappa shape index (κ3) is 10.0. The molecule has 0 aromatic carbocycles. The average molecular weight is 225 g/mol. The number of halogens is 3. The van der Waals surface area contributed by atoms with Crippen molar-refractivity contribution in [3.05, 3.63) is 0 Å². The zero-order valence-electron chi connectivity index (χ0n) is 9.82. The molecule has 0 rings (SSSR count). The molecule has 1 N–H and O–H groups in total. The van der Waals surface area contributed by atoms with Crippen LogP contribution in [0.1, 0.15) is 46.5 Å². The van der Waals surface area contributed by atoms with E-state index in [9.17, 15) is 13.2 Å². The summed E-state index contributed by atoms with van der Waals surface area (Å²) in [7, 11) is 0. The number of rotatable bonds is 7. The molecule has 0 spiro atoms. The molecule has 0 heterocycles. The summed E-state index contributed by atoms with van der Waals surface area (Å²) in [6.07, 6.45) is -2.44. The molecule has 0 amide bonds. The summed E-state index contributed by atoms with van der Waals surface area (Å²) in [5.41, 5.74) is 0. The van der Waals surface area contributed by atoms with Gasteiger partial charge in [-0.2, -0.15) is 13.2 Å². The van der Waals surface area contributed by atoms with Crippen LogP contribution in [0.25, 0.3) is 0 Å². The van der Waals surface area contributed by atoms with Crippen LogP contribution in [0.2, 0.25) is 0 Å². The molecular formula is C11H22F3N. The fourth-order valence-corrected chi connectivity index (χ4v) is 1.44. The van der Waals surface area contributed by atoms with Gasteiger partial charge >= 0.3 is 6.18 Å². The number of hydrogen-bond donors (Lipinski definition) is 1. The molecule has 0 aliphatic rings. The predicted molar refractivity (Wildman–Crippen MR) is 56.8 cm³/mol. The normalized spacial score (nSPS) is 14.6. The minimum absolute atomic E-state index is 0.410. The molecule has 0 fully saturated rings. The van der Waals surface area contributed by atoms with Crippen LogP contribution >= 0.6 is 0 Å². The van der Waals surface area contributed by atoms with Gasteiger partial charge in [0.2, 0.25) is 0 Å². The molecule has 0 bridgehead atoms. The van der Waals surface area contributed by atoms with Crippen molar-refractivity contribution in [1.82, 2.24) is 5.32 Å². The van der Waals surface area contributed by atoms with Crippen LogP contribution in [0.4, 0.5) is 13.2 Å². The lowest BCUT2D eigenvalue weighted by Crippen LogP contribution is -2.34. The van der Waals surface area contributed by atoms with Gasteiger partial charge in [0, 0.05) is 6.04 Å². The largest absolute Gasteiger partial charge is 0.390 e. The maximum absolute atomic E-state index is 12.2. The topological polar surface area (TPSA) is 12.0 Å². The van der Waals surface area contributed by atoms with Gasteiger partial charge in [0.25, 0.3) is 0 Å². The van der Waals surface area contributed by atoms with E-state index in [1.54, 1.807) is 0 Å². The van der Waals surface area contributed by atoms with Crippen LogP contribution in [-0.4, -0.2) is 18.8 Å². The van der Waals surface area contributed by atoms with Crippen molar-refractivity contribution in [2.75, 3.05) is 6.54 Å². The lowest BCUT2D eigenvalue weighted by atomic mass is 10.0. The fraction of sp³-hybridized carbons (Fsp3) is 1.00. The summed E-state index contributed by atoms with van der Waals surface area (Å²) >= 11 is 0. The Morgan fingerprint density at radius 1 is 1.13 bits per heavy atom. The van der Waals surface area contributed by atoms with Gasteiger partial charge < -0.3 is 5.32 Å². The van der Waals surface area contributed by atoms with Gasteiger partial charge in [-0.1, -0.05) is 20.8 Å². The van der Waals surface area contributed by atoms with E-state index in [4.69, 9.17) is 0 Å². The van der Waals surface area contributed by atoms with Gasteiger partial charge in [-0.15, -0.1) is 0 Å². The number of nitrogens with one attached hydrogen (secondary N) is 1. The van der Waals surface area contributed by atoms with Crippen molar-refractivity contribution >= 4 is 0 Å². The van der Waals surface area contributed by atoms with Crippen LogP contribution in [0.5, 0.6) is 0 Å². The lowest BCUT2D eigenvalue weighted by Gasteiger charge is -2.20. The van der Waals surface area contributed by atoms with E-state index < -0.39 is 18.6 Å². The SMILES string of the molecule is CCCNC(CCC(C)C)CC(F)(F)F. The van der Waals surface area contributed by atoms with Gasteiger partial charge in [0.1, 0.15) is 0 Å². The number of alkyl halides is 3. The van der Waals surface area contributed by atoms with Crippen molar-refractivity contribution in [2.45, 2.75) is 58.7 Å². The van der Waals surface area contributed by atoms with Gasteiger partial charge in [-0.25, -0.2) is 0 Å². The van der Waals surface area contributed by atoms with E-state index in [0.29, 0.717) is 18.9 Å². The molecule has 0 aromatic heterocycles. The maximum Gasteiger partial charge on any atom is 0.390 e. The third-order valence-corrected chi connectivity index (χ3v) is 2.25. The molecule has 4 heteroatoms. The zero-order chi connectivity index (χ0) is 11.9. The van der Waals surface area contributed by atoms with Crippen molar-refractivity contribution in [3.8, 4) is 0 Å². The lowest BCUT2D eigenvalue weighted by molar-refractivity contribution is -0.140. The summed E-state index contributed by atoms with van der Waals surface area (Å²) < 4.78 is 36.7. The summed E-state index contributed by atoms with van der Waals surface area (Å²) in [6.45, 7) is 6.69. The van der Waals surface area contributed by atoms with Gasteiger partial charge in [-0.3, -0.25) is 0 Å². The highest BCUT2D eigenvalue weighted by atomic mass is 19.4. The molecule has 0 saturated heterocycles. The Kier molecular flexibility index (Phi) is 6.98. The Balaban J connectivity index is 3.95.